The lowest BCUT2D eigenvalue weighted by molar-refractivity contribution is -0.328. The average molecular weight is 401 g/mol. The van der Waals surface area contributed by atoms with Gasteiger partial charge in [0.2, 0.25) is 0 Å². The fourth-order valence-corrected chi connectivity index (χ4v) is 3.04. The summed E-state index contributed by atoms with van der Waals surface area (Å²) in [5, 5.41) is 0. The fraction of sp³-hybridized carbons (Fsp3) is 0.739. The zero-order valence-electron chi connectivity index (χ0n) is 18.2. The average Bonchev–Trinajstić information content (AvgIpc) is 2.57. The molecular weight excluding hydrogens is 362 g/mol. The second-order valence-electron chi connectivity index (χ2n) is 7.90. The van der Waals surface area contributed by atoms with Crippen LogP contribution in [-0.4, -0.2) is 18.7 Å². The summed E-state index contributed by atoms with van der Waals surface area (Å²) in [6.45, 7) is 8.91. The van der Waals surface area contributed by atoms with Crippen molar-refractivity contribution in [3.8, 4) is 0 Å². The molecule has 0 saturated heterocycles. The van der Waals surface area contributed by atoms with Crippen LogP contribution in [-0.2, 0) is 14.2 Å². The minimum Gasteiger partial charge on any atom is -0.327 e. The van der Waals surface area contributed by atoms with Crippen molar-refractivity contribution in [3.05, 3.63) is 35.4 Å². The molecule has 3 nitrogen and oxygen atoms in total. The maximum absolute atomic E-state index is 13.7. The summed E-state index contributed by atoms with van der Waals surface area (Å²) in [5.74, 6) is -1.21. The van der Waals surface area contributed by atoms with E-state index in [4.69, 9.17) is 14.2 Å². The molecule has 0 spiro atoms. The van der Waals surface area contributed by atoms with Crippen LogP contribution in [0.2, 0.25) is 0 Å². The number of hydrogen-bond acceptors (Lipinski definition) is 3. The van der Waals surface area contributed by atoms with E-state index in [-0.39, 0.29) is 12.2 Å². The van der Waals surface area contributed by atoms with Gasteiger partial charge in [0.15, 0.2) is 0 Å². The molecule has 0 radical (unpaired) electrons. The summed E-state index contributed by atoms with van der Waals surface area (Å²) in [5.41, 5.74) is 0.480. The molecule has 1 atom stereocenters. The molecule has 0 fully saturated rings. The molecule has 0 saturated carbocycles. The number of benzene rings is 1. The summed E-state index contributed by atoms with van der Waals surface area (Å²) >= 11 is 0. The van der Waals surface area contributed by atoms with Gasteiger partial charge < -0.3 is 14.2 Å². The summed E-state index contributed by atoms with van der Waals surface area (Å²) in [6.07, 6.45) is 8.15. The molecule has 28 heavy (non-hydrogen) atoms. The van der Waals surface area contributed by atoms with Gasteiger partial charge in [0.25, 0.3) is 6.48 Å². The highest BCUT2D eigenvalue weighted by atomic mass is 19.1. The van der Waals surface area contributed by atoms with E-state index in [9.17, 15) is 8.78 Å². The van der Waals surface area contributed by atoms with Crippen molar-refractivity contribution in [2.45, 2.75) is 111 Å². The zero-order valence-corrected chi connectivity index (χ0v) is 18.2. The third kappa shape index (κ3) is 11.1. The van der Waals surface area contributed by atoms with E-state index in [1.54, 1.807) is 0 Å². The van der Waals surface area contributed by atoms with Gasteiger partial charge in [-0.15, -0.1) is 0 Å². The molecule has 0 aromatic heterocycles. The van der Waals surface area contributed by atoms with Gasteiger partial charge in [0, 0.05) is 6.07 Å². The topological polar surface area (TPSA) is 27.7 Å². The zero-order chi connectivity index (χ0) is 20.9. The predicted octanol–water partition coefficient (Wildman–Crippen LogP) is 7.30. The highest BCUT2D eigenvalue weighted by molar-refractivity contribution is 5.20. The van der Waals surface area contributed by atoms with E-state index in [0.717, 1.165) is 18.9 Å². The Morgan fingerprint density at radius 2 is 1.21 bits per heavy atom. The first kappa shape index (κ1) is 25.0. The Morgan fingerprint density at radius 1 is 0.714 bits per heavy atom. The summed E-state index contributed by atoms with van der Waals surface area (Å²) in [4.78, 5) is 0. The fourth-order valence-electron chi connectivity index (χ4n) is 3.04. The summed E-state index contributed by atoms with van der Waals surface area (Å²) in [7, 11) is 0. The van der Waals surface area contributed by atoms with E-state index in [2.05, 4.69) is 6.92 Å². The van der Waals surface area contributed by atoms with Crippen molar-refractivity contribution in [2.24, 2.45) is 0 Å². The number of hydrogen-bond donors (Lipinski definition) is 0. The molecule has 0 amide bonds. The van der Waals surface area contributed by atoms with E-state index in [1.807, 2.05) is 27.7 Å². The Balaban J connectivity index is 2.76. The van der Waals surface area contributed by atoms with Crippen molar-refractivity contribution in [1.82, 2.24) is 0 Å². The first-order valence-electron chi connectivity index (χ1n) is 10.7. The molecule has 1 aromatic carbocycles. The van der Waals surface area contributed by atoms with E-state index in [1.165, 1.54) is 44.2 Å². The van der Waals surface area contributed by atoms with Crippen LogP contribution in [0.15, 0.2) is 18.2 Å². The van der Waals surface area contributed by atoms with Crippen LogP contribution in [0.4, 0.5) is 8.78 Å². The Kier molecular flexibility index (Phi) is 12.5. The maximum Gasteiger partial charge on any atom is 0.272 e. The molecule has 0 aliphatic rings. The Labute approximate surface area is 169 Å². The van der Waals surface area contributed by atoms with Gasteiger partial charge in [-0.25, -0.2) is 8.78 Å². The minimum absolute atomic E-state index is 0.0905. The normalized spacial score (nSPS) is 13.1. The molecular formula is C23H38F2O3. The smallest absolute Gasteiger partial charge is 0.272 e. The summed E-state index contributed by atoms with van der Waals surface area (Å²) < 4.78 is 45.0. The quantitative estimate of drug-likeness (QED) is 0.228. The summed E-state index contributed by atoms with van der Waals surface area (Å²) in [6, 6.07) is 3.54. The molecule has 0 aliphatic carbocycles. The van der Waals surface area contributed by atoms with E-state index >= 15 is 0 Å². The number of halogens is 2. The van der Waals surface area contributed by atoms with Crippen LogP contribution in [0.25, 0.3) is 0 Å². The number of ether oxygens (including phenoxy) is 3. The van der Waals surface area contributed by atoms with Gasteiger partial charge in [-0.2, -0.15) is 0 Å². The van der Waals surface area contributed by atoms with Crippen molar-refractivity contribution in [2.75, 3.05) is 0 Å². The number of rotatable bonds is 15. The molecule has 1 rings (SSSR count). The Bertz CT molecular complexity index is 504. The van der Waals surface area contributed by atoms with Crippen LogP contribution in [0.5, 0.6) is 0 Å². The lowest BCUT2D eigenvalue weighted by Gasteiger charge is -2.28. The Morgan fingerprint density at radius 3 is 1.71 bits per heavy atom. The van der Waals surface area contributed by atoms with Crippen LogP contribution in [0, 0.1) is 11.6 Å². The molecule has 1 aromatic rings. The first-order valence-corrected chi connectivity index (χ1v) is 10.7. The van der Waals surface area contributed by atoms with Gasteiger partial charge in [-0.1, -0.05) is 51.9 Å². The maximum atomic E-state index is 13.7. The van der Waals surface area contributed by atoms with Crippen molar-refractivity contribution in [1.29, 1.82) is 0 Å². The second-order valence-corrected chi connectivity index (χ2v) is 7.90. The largest absolute Gasteiger partial charge is 0.327 e. The van der Waals surface area contributed by atoms with Gasteiger partial charge in [-0.3, -0.25) is 0 Å². The van der Waals surface area contributed by atoms with Crippen molar-refractivity contribution >= 4 is 0 Å². The standard InChI is InChI=1S/C23H38F2O3/c1-6-7-8-9-10-11-12-13-22(19-14-20(24)16-21(25)15-19)28-23(26-17(2)3)27-18(4)5/h14-18,22-23H,6-13H2,1-5H3. The van der Waals surface area contributed by atoms with Crippen molar-refractivity contribution < 1.29 is 23.0 Å². The van der Waals surface area contributed by atoms with Gasteiger partial charge in [0.1, 0.15) is 11.6 Å². The van der Waals surface area contributed by atoms with Crippen LogP contribution in [0.3, 0.4) is 0 Å². The van der Waals surface area contributed by atoms with Crippen LogP contribution >= 0.6 is 0 Å². The first-order chi connectivity index (χ1) is 13.3. The lowest BCUT2D eigenvalue weighted by atomic mass is 10.0. The van der Waals surface area contributed by atoms with E-state index < -0.39 is 24.2 Å². The van der Waals surface area contributed by atoms with Gasteiger partial charge in [0.05, 0.1) is 18.3 Å². The van der Waals surface area contributed by atoms with Crippen LogP contribution < -0.4 is 0 Å². The molecule has 5 heteroatoms. The third-order valence-corrected chi connectivity index (χ3v) is 4.37. The monoisotopic (exact) mass is 400 g/mol. The van der Waals surface area contributed by atoms with Gasteiger partial charge >= 0.3 is 0 Å². The Hall–Kier alpha value is -1.04. The minimum atomic E-state index is -0.874. The van der Waals surface area contributed by atoms with Crippen LogP contribution in [0.1, 0.15) is 97.7 Å². The number of unbranched alkanes of at least 4 members (excludes halogenated alkanes) is 6. The molecule has 0 heterocycles. The molecule has 0 bridgehead atoms. The highest BCUT2D eigenvalue weighted by Gasteiger charge is 2.22. The molecule has 0 aliphatic heterocycles. The molecule has 0 N–H and O–H groups in total. The third-order valence-electron chi connectivity index (χ3n) is 4.37. The second kappa shape index (κ2) is 14.0. The molecule has 1 unspecified atom stereocenters. The lowest BCUT2D eigenvalue weighted by Crippen LogP contribution is -2.29. The molecule has 162 valence electrons. The highest BCUT2D eigenvalue weighted by Crippen LogP contribution is 2.28. The van der Waals surface area contributed by atoms with Gasteiger partial charge in [-0.05, 0) is 51.8 Å². The predicted molar refractivity (Wildman–Crippen MR) is 109 cm³/mol. The SMILES string of the molecule is CCCCCCCCCC(OC(OC(C)C)OC(C)C)c1cc(F)cc(F)c1. The van der Waals surface area contributed by atoms with E-state index in [0.29, 0.717) is 12.0 Å². The van der Waals surface area contributed by atoms with Crippen molar-refractivity contribution in [3.63, 3.8) is 0 Å².